The van der Waals surface area contributed by atoms with Crippen LogP contribution in [0.1, 0.15) is 139 Å². The van der Waals surface area contributed by atoms with E-state index in [4.69, 9.17) is 14.5 Å². The van der Waals surface area contributed by atoms with Crippen LogP contribution >= 0.6 is 11.3 Å². The lowest BCUT2D eigenvalue weighted by molar-refractivity contribution is -0.149. The number of aromatic nitrogens is 1. The van der Waals surface area contributed by atoms with Crippen molar-refractivity contribution in [1.29, 1.82) is 0 Å². The summed E-state index contributed by atoms with van der Waals surface area (Å²) in [6.45, 7) is 16.6. The van der Waals surface area contributed by atoms with Crippen molar-refractivity contribution < 1.29 is 33.4 Å². The Balaban J connectivity index is 1.49. The average Bonchev–Trinajstić information content (AvgIpc) is 3.99. The van der Waals surface area contributed by atoms with Crippen LogP contribution < -0.4 is 0 Å². The monoisotopic (exact) mass is 900 g/mol. The number of carbonyl (C=O) groups is 5. The number of thiazole rings is 1. The van der Waals surface area contributed by atoms with E-state index < -0.39 is 30.1 Å². The first-order valence-corrected chi connectivity index (χ1v) is 24.6. The number of Topliss-reactive ketones (excluding diaryl/α,β-unsaturated/α-hetero) is 3. The van der Waals surface area contributed by atoms with Crippen molar-refractivity contribution in [3.05, 3.63) is 87.9 Å². The highest BCUT2D eigenvalue weighted by Crippen LogP contribution is 2.34. The van der Waals surface area contributed by atoms with E-state index in [2.05, 4.69) is 38.1 Å². The molecule has 1 aliphatic heterocycles. The lowest BCUT2D eigenvalue weighted by Crippen LogP contribution is -2.54. The molecule has 0 N–H and O–H groups in total. The van der Waals surface area contributed by atoms with E-state index in [1.807, 2.05) is 88.2 Å². The normalized spacial score (nSPS) is 18.0. The highest BCUT2D eigenvalue weighted by atomic mass is 32.1. The first-order valence-electron chi connectivity index (χ1n) is 23.8. The van der Waals surface area contributed by atoms with Gasteiger partial charge in [0.25, 0.3) is 0 Å². The average molecular weight is 900 g/mol. The third-order valence-electron chi connectivity index (χ3n) is 14.0. The molecule has 0 radical (unpaired) electrons. The number of nitrogens with zero attached hydrogens (tertiary/aromatic N) is 3. The predicted molar refractivity (Wildman–Crippen MR) is 256 cm³/mol. The minimum absolute atomic E-state index is 0.00876. The molecule has 2 heterocycles. The molecule has 1 aliphatic rings. The molecule has 0 aliphatic carbocycles. The van der Waals surface area contributed by atoms with Crippen molar-refractivity contribution in [3.8, 4) is 0 Å². The second-order valence-electron chi connectivity index (χ2n) is 19.0. The minimum Gasteiger partial charge on any atom is -0.379 e. The number of aryl methyl sites for hydroxylation is 1. The van der Waals surface area contributed by atoms with Gasteiger partial charge in [0, 0.05) is 76.1 Å². The molecule has 64 heavy (non-hydrogen) atoms. The number of likely N-dealkylation sites (N-methyl/N-ethyl adjacent to an activating group) is 1. The summed E-state index contributed by atoms with van der Waals surface area (Å²) in [5, 5.41) is 2.60. The highest BCUT2D eigenvalue weighted by Gasteiger charge is 2.43. The van der Waals surface area contributed by atoms with E-state index in [1.54, 1.807) is 26.2 Å². The smallest absolute Gasteiger partial charge is 0.226 e. The zero-order chi connectivity index (χ0) is 47.1. The van der Waals surface area contributed by atoms with Gasteiger partial charge in [-0.3, -0.25) is 24.0 Å². The van der Waals surface area contributed by atoms with Gasteiger partial charge in [0.15, 0.2) is 5.78 Å². The molecule has 0 bridgehead atoms. The van der Waals surface area contributed by atoms with Crippen molar-refractivity contribution in [2.24, 2.45) is 35.5 Å². The zero-order valence-electron chi connectivity index (χ0n) is 40.6. The topological polar surface area (TPSA) is 123 Å². The van der Waals surface area contributed by atoms with Crippen molar-refractivity contribution in [1.82, 2.24) is 14.8 Å². The summed E-state index contributed by atoms with van der Waals surface area (Å²) in [4.78, 5) is 78.1. The van der Waals surface area contributed by atoms with Gasteiger partial charge in [0.1, 0.15) is 17.3 Å². The number of benzene rings is 2. The SMILES string of the molecule is CC[C@H](C)[C@@H]([C@@H](CC(=O)N1CCC[C@H]1[C@H](OC)[C@@H](C)C(=O)C[C@@H](Cc1ccccc1)c1nc(C(=O)CCCc2ccccc2)cs1)OC)N(C)C(=O)[C@@H](CC(=O)[C@@H](C)C(C)C)C(C)C. The van der Waals surface area contributed by atoms with E-state index in [-0.39, 0.29) is 84.1 Å². The van der Waals surface area contributed by atoms with E-state index in [0.29, 0.717) is 31.5 Å². The quantitative estimate of drug-likeness (QED) is 0.0694. The standard InChI is InChI=1S/C53H77N3O7S/c1-12-36(6)50(55(9)53(61)42(35(4)5)31-47(59)37(7)34(2)3)48(62-10)32-49(60)56-28-20-26-44(56)51(63-11)38(8)46(58)30-41(29-40-23-17-14-18-24-40)52-54-43(33-64-52)45(57)27-19-25-39-21-15-13-16-22-39/h13-18,21-24,33-38,41-42,44,48,50-51H,12,19-20,25-32H2,1-11H3/t36-,37-,38-,41+,42-,44-,48+,50-,51+/m0/s1. The van der Waals surface area contributed by atoms with Crippen LogP contribution in [-0.2, 0) is 41.5 Å². The Bertz CT molecular complexity index is 1930. The second-order valence-corrected chi connectivity index (χ2v) is 19.9. The van der Waals surface area contributed by atoms with Crippen LogP contribution in [0, 0.1) is 35.5 Å². The molecule has 0 unspecified atom stereocenters. The molecule has 0 saturated carbocycles. The number of methoxy groups -OCH3 is 2. The molecule has 2 amide bonds. The summed E-state index contributed by atoms with van der Waals surface area (Å²) in [5.41, 5.74) is 2.74. The van der Waals surface area contributed by atoms with Gasteiger partial charge in [-0.15, -0.1) is 11.3 Å². The van der Waals surface area contributed by atoms with Gasteiger partial charge in [0.05, 0.1) is 35.7 Å². The van der Waals surface area contributed by atoms with Crippen molar-refractivity contribution >= 4 is 40.5 Å². The van der Waals surface area contributed by atoms with Gasteiger partial charge in [0.2, 0.25) is 11.8 Å². The van der Waals surface area contributed by atoms with Crippen molar-refractivity contribution in [2.45, 2.75) is 150 Å². The Kier molecular flexibility index (Phi) is 21.0. The van der Waals surface area contributed by atoms with E-state index in [1.165, 1.54) is 16.9 Å². The number of carbonyl (C=O) groups excluding carboxylic acids is 5. The van der Waals surface area contributed by atoms with Crippen LogP contribution in [0.2, 0.25) is 0 Å². The number of hydrogen-bond donors (Lipinski definition) is 0. The summed E-state index contributed by atoms with van der Waals surface area (Å²) >= 11 is 1.44. The number of ether oxygens (including phenoxy) is 2. The Labute approximate surface area is 388 Å². The molecule has 1 saturated heterocycles. The molecule has 1 fully saturated rings. The maximum atomic E-state index is 14.5. The number of ketones is 3. The number of rotatable bonds is 27. The van der Waals surface area contributed by atoms with Crippen LogP contribution in [0.3, 0.4) is 0 Å². The molecule has 352 valence electrons. The first kappa shape index (κ1) is 52.6. The van der Waals surface area contributed by atoms with E-state index >= 15 is 0 Å². The fraction of sp³-hybridized carbons (Fsp3) is 0.623. The maximum absolute atomic E-state index is 14.5. The second kappa shape index (κ2) is 25.6. The summed E-state index contributed by atoms with van der Waals surface area (Å²) in [6.07, 6.45) is 4.12. The van der Waals surface area contributed by atoms with Crippen LogP contribution in [-0.4, -0.2) is 96.1 Å². The largest absolute Gasteiger partial charge is 0.379 e. The fourth-order valence-corrected chi connectivity index (χ4v) is 10.3. The van der Waals surface area contributed by atoms with Gasteiger partial charge >= 0.3 is 0 Å². The molecule has 11 heteroatoms. The fourth-order valence-electron chi connectivity index (χ4n) is 9.39. The van der Waals surface area contributed by atoms with Crippen LogP contribution in [0.5, 0.6) is 0 Å². The summed E-state index contributed by atoms with van der Waals surface area (Å²) in [7, 11) is 5.00. The predicted octanol–water partition coefficient (Wildman–Crippen LogP) is 10.1. The number of amides is 2. The summed E-state index contributed by atoms with van der Waals surface area (Å²) in [5.74, 6) is -1.31. The van der Waals surface area contributed by atoms with Crippen molar-refractivity contribution in [2.75, 3.05) is 27.8 Å². The van der Waals surface area contributed by atoms with Gasteiger partial charge in [-0.1, -0.05) is 122 Å². The van der Waals surface area contributed by atoms with Crippen LogP contribution in [0.4, 0.5) is 0 Å². The van der Waals surface area contributed by atoms with Crippen LogP contribution in [0.15, 0.2) is 66.0 Å². The Hall–Kier alpha value is -4.06. The molecule has 4 rings (SSSR count). The molecule has 3 aromatic rings. The molecule has 2 aromatic carbocycles. The summed E-state index contributed by atoms with van der Waals surface area (Å²) in [6, 6.07) is 19.5. The van der Waals surface area contributed by atoms with Gasteiger partial charge in [-0.25, -0.2) is 4.98 Å². The minimum atomic E-state index is -0.589. The first-order chi connectivity index (χ1) is 30.5. The van der Waals surface area contributed by atoms with Crippen molar-refractivity contribution in [3.63, 3.8) is 0 Å². The van der Waals surface area contributed by atoms with E-state index in [0.717, 1.165) is 36.3 Å². The third-order valence-corrected chi connectivity index (χ3v) is 15.1. The molecule has 10 nitrogen and oxygen atoms in total. The summed E-state index contributed by atoms with van der Waals surface area (Å²) < 4.78 is 12.2. The van der Waals surface area contributed by atoms with E-state index in [9.17, 15) is 24.0 Å². The maximum Gasteiger partial charge on any atom is 0.226 e. The lowest BCUT2D eigenvalue weighted by Gasteiger charge is -2.41. The number of likely N-dealkylation sites (tertiary alicyclic amines) is 1. The molecule has 1 aromatic heterocycles. The Morgan fingerprint density at radius 3 is 2.02 bits per heavy atom. The van der Waals surface area contributed by atoms with Gasteiger partial charge in [-0.2, -0.15) is 0 Å². The van der Waals surface area contributed by atoms with Crippen LogP contribution in [0.25, 0.3) is 0 Å². The zero-order valence-corrected chi connectivity index (χ0v) is 41.4. The molecule has 9 atom stereocenters. The highest BCUT2D eigenvalue weighted by molar-refractivity contribution is 7.10. The Morgan fingerprint density at radius 2 is 1.44 bits per heavy atom. The molecule has 0 spiro atoms. The molecular weight excluding hydrogens is 823 g/mol. The molecular formula is C53H77N3O7S. The van der Waals surface area contributed by atoms with Gasteiger partial charge < -0.3 is 19.3 Å². The number of hydrogen-bond acceptors (Lipinski definition) is 9. The van der Waals surface area contributed by atoms with Gasteiger partial charge in [-0.05, 0) is 61.0 Å². The third kappa shape index (κ3) is 14.2. The Morgan fingerprint density at radius 1 is 0.812 bits per heavy atom. The lowest BCUT2D eigenvalue weighted by atomic mass is 9.82.